The van der Waals surface area contributed by atoms with E-state index >= 15 is 0 Å². The van der Waals surface area contributed by atoms with Crippen molar-refractivity contribution in [2.24, 2.45) is 0 Å². The minimum atomic E-state index is -0.989. The third-order valence-corrected chi connectivity index (χ3v) is 4.79. The molecule has 1 N–H and O–H groups in total. The van der Waals surface area contributed by atoms with Gasteiger partial charge in [-0.2, -0.15) is 0 Å². The van der Waals surface area contributed by atoms with Crippen molar-refractivity contribution in [2.45, 2.75) is 84.0 Å². The van der Waals surface area contributed by atoms with E-state index in [1.165, 1.54) is 0 Å². The van der Waals surface area contributed by atoms with Crippen LogP contribution in [0.25, 0.3) is 0 Å². The zero-order valence-electron chi connectivity index (χ0n) is 19.8. The van der Waals surface area contributed by atoms with Crippen molar-refractivity contribution in [3.05, 3.63) is 35.9 Å². The van der Waals surface area contributed by atoms with E-state index < -0.39 is 42.0 Å². The van der Waals surface area contributed by atoms with E-state index in [9.17, 15) is 9.59 Å². The number of alkyl carbamates (subject to hydrolysis) is 1. The zero-order chi connectivity index (χ0) is 23.6. The quantitative estimate of drug-likeness (QED) is 0.477. The Kier molecular flexibility index (Phi) is 10.4. The number of carbonyl (C=O) groups is 2. The summed E-state index contributed by atoms with van der Waals surface area (Å²) in [5, 5.41) is 2.54. The fourth-order valence-electron chi connectivity index (χ4n) is 3.18. The molecule has 8 heteroatoms. The second-order valence-corrected chi connectivity index (χ2v) is 8.90. The number of ether oxygens (including phenoxy) is 5. The van der Waals surface area contributed by atoms with Crippen LogP contribution in [-0.2, 0) is 35.1 Å². The molecule has 0 aliphatic carbocycles. The van der Waals surface area contributed by atoms with Crippen LogP contribution in [0.2, 0.25) is 0 Å². The SMILES string of the molecule is CCCCOC1C(C)OC(=O)C(NC(=O)OC(C)(C)C)COCC1OCc1ccccc1. The molecule has 180 valence electrons. The Morgan fingerprint density at radius 2 is 1.88 bits per heavy atom. The molecule has 1 aromatic carbocycles. The summed E-state index contributed by atoms with van der Waals surface area (Å²) in [5.41, 5.74) is 0.337. The highest BCUT2D eigenvalue weighted by Crippen LogP contribution is 2.18. The smallest absolute Gasteiger partial charge is 0.408 e. The average Bonchev–Trinajstić information content (AvgIpc) is 2.76. The Morgan fingerprint density at radius 3 is 2.53 bits per heavy atom. The van der Waals surface area contributed by atoms with Crippen LogP contribution in [0.4, 0.5) is 4.79 Å². The van der Waals surface area contributed by atoms with Crippen LogP contribution in [-0.4, -0.2) is 61.8 Å². The number of esters is 1. The summed E-state index contributed by atoms with van der Waals surface area (Å²) in [6, 6.07) is 8.82. The predicted molar refractivity (Wildman–Crippen MR) is 119 cm³/mol. The van der Waals surface area contributed by atoms with Gasteiger partial charge in [-0.25, -0.2) is 9.59 Å². The Balaban J connectivity index is 2.09. The molecule has 2 rings (SSSR count). The van der Waals surface area contributed by atoms with Gasteiger partial charge in [-0.05, 0) is 39.7 Å². The maximum atomic E-state index is 12.7. The van der Waals surface area contributed by atoms with Gasteiger partial charge >= 0.3 is 12.1 Å². The molecule has 4 atom stereocenters. The molecule has 1 aliphatic rings. The lowest BCUT2D eigenvalue weighted by Crippen LogP contribution is -2.48. The number of nitrogens with one attached hydrogen (secondary N) is 1. The van der Waals surface area contributed by atoms with Gasteiger partial charge in [-0.1, -0.05) is 43.7 Å². The topological polar surface area (TPSA) is 92.3 Å². The average molecular weight is 452 g/mol. The first-order chi connectivity index (χ1) is 15.2. The van der Waals surface area contributed by atoms with Crippen molar-refractivity contribution in [2.75, 3.05) is 19.8 Å². The summed E-state index contributed by atoms with van der Waals surface area (Å²) in [6.07, 6.45) is -0.391. The van der Waals surface area contributed by atoms with Gasteiger partial charge in [-0.3, -0.25) is 0 Å². The third-order valence-electron chi connectivity index (χ3n) is 4.79. The Morgan fingerprint density at radius 1 is 1.16 bits per heavy atom. The fraction of sp³-hybridized carbons (Fsp3) is 0.667. The summed E-state index contributed by atoms with van der Waals surface area (Å²) < 4.78 is 28.9. The number of rotatable bonds is 8. The maximum Gasteiger partial charge on any atom is 0.408 e. The highest BCUT2D eigenvalue weighted by atomic mass is 16.6. The molecule has 1 amide bonds. The Bertz CT molecular complexity index is 704. The van der Waals surface area contributed by atoms with Gasteiger partial charge in [0.1, 0.15) is 23.9 Å². The van der Waals surface area contributed by atoms with Gasteiger partial charge in [0.05, 0.1) is 19.8 Å². The normalized spacial score (nSPS) is 24.6. The number of amides is 1. The van der Waals surface area contributed by atoms with Crippen LogP contribution in [0, 0.1) is 0 Å². The number of unbranched alkanes of at least 4 members (excludes halogenated alkanes) is 1. The van der Waals surface area contributed by atoms with Gasteiger partial charge in [-0.15, -0.1) is 0 Å². The number of carbonyl (C=O) groups excluding carboxylic acids is 2. The molecule has 0 bridgehead atoms. The molecule has 1 fully saturated rings. The Labute approximate surface area is 190 Å². The largest absolute Gasteiger partial charge is 0.458 e. The third kappa shape index (κ3) is 9.14. The number of hydrogen-bond donors (Lipinski definition) is 1. The zero-order valence-corrected chi connectivity index (χ0v) is 19.8. The number of cyclic esters (lactones) is 1. The molecular weight excluding hydrogens is 414 g/mol. The lowest BCUT2D eigenvalue weighted by atomic mass is 10.1. The molecule has 1 heterocycles. The van der Waals surface area contributed by atoms with E-state index in [-0.39, 0.29) is 13.2 Å². The van der Waals surface area contributed by atoms with E-state index in [2.05, 4.69) is 12.2 Å². The summed E-state index contributed by atoms with van der Waals surface area (Å²) in [6.45, 7) is 10.1. The van der Waals surface area contributed by atoms with Crippen LogP contribution in [0.5, 0.6) is 0 Å². The van der Waals surface area contributed by atoms with Gasteiger partial charge < -0.3 is 29.0 Å². The molecule has 1 aliphatic heterocycles. The van der Waals surface area contributed by atoms with E-state index in [4.69, 9.17) is 23.7 Å². The first-order valence-electron chi connectivity index (χ1n) is 11.2. The van der Waals surface area contributed by atoms with Crippen molar-refractivity contribution in [3.8, 4) is 0 Å². The minimum Gasteiger partial charge on any atom is -0.458 e. The molecule has 8 nitrogen and oxygen atoms in total. The first kappa shape index (κ1) is 26.1. The highest BCUT2D eigenvalue weighted by Gasteiger charge is 2.36. The highest BCUT2D eigenvalue weighted by molar-refractivity contribution is 5.81. The van der Waals surface area contributed by atoms with Crippen LogP contribution in [0.3, 0.4) is 0 Å². The predicted octanol–water partition coefficient (Wildman–Crippen LogP) is 3.61. The lowest BCUT2D eigenvalue weighted by Gasteiger charge is -2.30. The summed E-state index contributed by atoms with van der Waals surface area (Å²) in [7, 11) is 0. The summed E-state index contributed by atoms with van der Waals surface area (Å²) >= 11 is 0. The van der Waals surface area contributed by atoms with Crippen LogP contribution in [0.1, 0.15) is 53.0 Å². The van der Waals surface area contributed by atoms with Crippen LogP contribution in [0.15, 0.2) is 30.3 Å². The molecule has 0 saturated carbocycles. The lowest BCUT2D eigenvalue weighted by molar-refractivity contribution is -0.169. The molecule has 32 heavy (non-hydrogen) atoms. The van der Waals surface area contributed by atoms with Crippen molar-refractivity contribution in [1.82, 2.24) is 5.32 Å². The first-order valence-corrected chi connectivity index (χ1v) is 11.2. The molecule has 4 unspecified atom stereocenters. The second kappa shape index (κ2) is 12.8. The molecule has 0 spiro atoms. The molecule has 0 aromatic heterocycles. The van der Waals surface area contributed by atoms with E-state index in [1.807, 2.05) is 30.3 Å². The van der Waals surface area contributed by atoms with Gasteiger partial charge in [0.2, 0.25) is 0 Å². The number of benzene rings is 1. The molecule has 1 saturated heterocycles. The standard InChI is InChI=1S/C24H37NO7/c1-6-7-13-29-21-17(2)31-22(26)19(25-23(27)32-24(3,4)5)15-28-16-20(21)30-14-18-11-9-8-10-12-18/h8-12,17,19-21H,6-7,13-16H2,1-5H3,(H,25,27). The van der Waals surface area contributed by atoms with Crippen LogP contribution >= 0.6 is 0 Å². The van der Waals surface area contributed by atoms with Crippen LogP contribution < -0.4 is 5.32 Å². The van der Waals surface area contributed by atoms with Gasteiger partial charge in [0.15, 0.2) is 6.04 Å². The van der Waals surface area contributed by atoms with Crippen molar-refractivity contribution in [1.29, 1.82) is 0 Å². The van der Waals surface area contributed by atoms with E-state index in [1.54, 1.807) is 27.7 Å². The van der Waals surface area contributed by atoms with Gasteiger partial charge in [0, 0.05) is 6.61 Å². The van der Waals surface area contributed by atoms with E-state index in [0.29, 0.717) is 13.2 Å². The van der Waals surface area contributed by atoms with E-state index in [0.717, 1.165) is 18.4 Å². The molecule has 1 aromatic rings. The van der Waals surface area contributed by atoms with Crippen molar-refractivity contribution >= 4 is 12.1 Å². The maximum absolute atomic E-state index is 12.7. The van der Waals surface area contributed by atoms with Gasteiger partial charge in [0.25, 0.3) is 0 Å². The molecular formula is C24H37NO7. The second-order valence-electron chi connectivity index (χ2n) is 8.90. The van der Waals surface area contributed by atoms with Crippen molar-refractivity contribution in [3.63, 3.8) is 0 Å². The summed E-state index contributed by atoms with van der Waals surface area (Å²) in [5.74, 6) is -0.601. The Hall–Kier alpha value is -2.16. The number of hydrogen-bond acceptors (Lipinski definition) is 7. The fourth-order valence-corrected chi connectivity index (χ4v) is 3.18. The molecule has 0 radical (unpaired) electrons. The monoisotopic (exact) mass is 451 g/mol. The van der Waals surface area contributed by atoms with Crippen molar-refractivity contribution < 1.29 is 33.3 Å². The minimum absolute atomic E-state index is 0.0579. The summed E-state index contributed by atoms with van der Waals surface area (Å²) in [4.78, 5) is 24.9.